The topological polar surface area (TPSA) is 23.6 Å². The molecule has 0 atom stereocenters. The Balaban J connectivity index is 2.70. The number of carbonyl (C=O) groups is 1. The molecule has 17 heavy (non-hydrogen) atoms. The van der Waals surface area contributed by atoms with Crippen LogP contribution in [0.1, 0.15) is 23.0 Å². The molecule has 5 heteroatoms. The van der Waals surface area contributed by atoms with Gasteiger partial charge in [0.2, 0.25) is 0 Å². The van der Waals surface area contributed by atoms with Crippen molar-refractivity contribution >= 4 is 33.2 Å². The molecule has 1 aromatic rings. The van der Waals surface area contributed by atoms with Gasteiger partial charge in [-0.15, -0.1) is 11.3 Å². The number of halogens is 1. The van der Waals surface area contributed by atoms with Crippen LogP contribution in [0.25, 0.3) is 0 Å². The summed E-state index contributed by atoms with van der Waals surface area (Å²) >= 11 is 4.91. The van der Waals surface area contributed by atoms with Gasteiger partial charge in [-0.2, -0.15) is 0 Å². The van der Waals surface area contributed by atoms with Crippen LogP contribution in [0.15, 0.2) is 15.9 Å². The largest absolute Gasteiger partial charge is 0.337 e. The van der Waals surface area contributed by atoms with Gasteiger partial charge in [0.25, 0.3) is 5.91 Å². The van der Waals surface area contributed by atoms with Gasteiger partial charge in [0.15, 0.2) is 0 Å². The van der Waals surface area contributed by atoms with Crippen molar-refractivity contribution in [2.24, 2.45) is 0 Å². The third-order valence-electron chi connectivity index (χ3n) is 2.41. The van der Waals surface area contributed by atoms with Crippen LogP contribution in [0.4, 0.5) is 0 Å². The van der Waals surface area contributed by atoms with Crippen molar-refractivity contribution in [1.29, 1.82) is 0 Å². The maximum absolute atomic E-state index is 12.3. The van der Waals surface area contributed by atoms with Gasteiger partial charge in [-0.05, 0) is 47.9 Å². The van der Waals surface area contributed by atoms with E-state index in [1.165, 1.54) is 11.3 Å². The fourth-order valence-corrected chi connectivity index (χ4v) is 3.00. The molecule has 1 aromatic heterocycles. The third-order valence-corrected chi connectivity index (χ3v) is 4.23. The molecule has 0 aromatic carbocycles. The predicted octanol–water partition coefficient (Wildman–Crippen LogP) is 2.92. The summed E-state index contributed by atoms with van der Waals surface area (Å²) in [5.74, 6) is 0.135. The highest BCUT2D eigenvalue weighted by atomic mass is 79.9. The maximum Gasteiger partial charge on any atom is 0.265 e. The van der Waals surface area contributed by atoms with Gasteiger partial charge < -0.3 is 9.80 Å². The zero-order valence-electron chi connectivity index (χ0n) is 10.6. The van der Waals surface area contributed by atoms with E-state index >= 15 is 0 Å². The van der Waals surface area contributed by atoms with Gasteiger partial charge in [-0.25, -0.2) is 0 Å². The van der Waals surface area contributed by atoms with Crippen LogP contribution in [-0.4, -0.2) is 49.4 Å². The second kappa shape index (κ2) is 7.13. The van der Waals surface area contributed by atoms with Crippen LogP contribution in [0.5, 0.6) is 0 Å². The van der Waals surface area contributed by atoms with E-state index in [0.29, 0.717) is 0 Å². The molecule has 3 nitrogen and oxygen atoms in total. The molecule has 0 aliphatic heterocycles. The first kappa shape index (κ1) is 14.7. The molecule has 0 unspecified atom stereocenters. The van der Waals surface area contributed by atoms with E-state index in [4.69, 9.17) is 0 Å². The van der Waals surface area contributed by atoms with E-state index in [9.17, 15) is 4.79 Å². The number of thiophene rings is 1. The van der Waals surface area contributed by atoms with Gasteiger partial charge in [0.1, 0.15) is 4.88 Å². The summed E-state index contributed by atoms with van der Waals surface area (Å²) in [4.78, 5) is 17.1. The first-order valence-corrected chi connectivity index (χ1v) is 7.40. The lowest BCUT2D eigenvalue weighted by atomic mass is 10.3. The van der Waals surface area contributed by atoms with E-state index in [2.05, 4.69) is 27.8 Å². The van der Waals surface area contributed by atoms with Crippen LogP contribution in [0.3, 0.4) is 0 Å². The minimum atomic E-state index is 0.135. The van der Waals surface area contributed by atoms with Crippen molar-refractivity contribution < 1.29 is 4.79 Å². The lowest BCUT2D eigenvalue weighted by molar-refractivity contribution is 0.0749. The van der Waals surface area contributed by atoms with Crippen LogP contribution in [0, 0.1) is 0 Å². The van der Waals surface area contributed by atoms with Crippen LogP contribution < -0.4 is 0 Å². The minimum Gasteiger partial charge on any atom is -0.337 e. The van der Waals surface area contributed by atoms with Gasteiger partial charge in [0, 0.05) is 24.1 Å². The lowest BCUT2D eigenvalue weighted by Crippen LogP contribution is -2.37. The molecule has 0 aliphatic carbocycles. The first-order chi connectivity index (χ1) is 8.06. The van der Waals surface area contributed by atoms with Crippen molar-refractivity contribution in [1.82, 2.24) is 9.80 Å². The monoisotopic (exact) mass is 318 g/mol. The molecule has 1 heterocycles. The minimum absolute atomic E-state index is 0.135. The summed E-state index contributed by atoms with van der Waals surface area (Å²) in [5.41, 5.74) is 0. The zero-order chi connectivity index (χ0) is 12.8. The second-order valence-corrected chi connectivity index (χ2v) is 5.96. The van der Waals surface area contributed by atoms with Gasteiger partial charge in [-0.3, -0.25) is 4.79 Å². The van der Waals surface area contributed by atoms with Crippen molar-refractivity contribution in [2.45, 2.75) is 13.3 Å². The molecule has 0 aliphatic rings. The number of nitrogens with zero attached hydrogens (tertiary/aromatic N) is 2. The highest BCUT2D eigenvalue weighted by Crippen LogP contribution is 2.24. The molecule has 0 saturated heterocycles. The van der Waals surface area contributed by atoms with E-state index in [-0.39, 0.29) is 5.91 Å². The third kappa shape index (κ3) is 4.41. The number of hydrogen-bond acceptors (Lipinski definition) is 3. The Morgan fingerprint density at radius 3 is 2.53 bits per heavy atom. The van der Waals surface area contributed by atoms with Crippen molar-refractivity contribution in [3.63, 3.8) is 0 Å². The number of amides is 1. The Morgan fingerprint density at radius 2 is 2.06 bits per heavy atom. The Kier molecular flexibility index (Phi) is 6.16. The lowest BCUT2D eigenvalue weighted by Gasteiger charge is -2.23. The van der Waals surface area contributed by atoms with Crippen LogP contribution >= 0.6 is 27.3 Å². The number of likely N-dealkylation sites (N-methyl/N-ethyl adjacent to an activating group) is 1. The molecule has 0 bridgehead atoms. The van der Waals surface area contributed by atoms with Gasteiger partial charge in [-0.1, -0.05) is 6.92 Å². The smallest absolute Gasteiger partial charge is 0.265 e. The number of rotatable bonds is 6. The van der Waals surface area contributed by atoms with Gasteiger partial charge >= 0.3 is 0 Å². The standard InChI is InChI=1S/C12H19BrN2OS/c1-4-6-15(8-7-14(2)3)12(16)11-10(13)5-9-17-11/h5,9H,4,6-8H2,1-3H3. The highest BCUT2D eigenvalue weighted by molar-refractivity contribution is 9.10. The SMILES string of the molecule is CCCN(CCN(C)C)C(=O)c1sccc1Br. The fraction of sp³-hybridized carbons (Fsp3) is 0.583. The molecule has 0 spiro atoms. The Hall–Kier alpha value is -0.390. The summed E-state index contributed by atoms with van der Waals surface area (Å²) < 4.78 is 0.901. The quantitative estimate of drug-likeness (QED) is 0.805. The molecule has 1 amide bonds. The van der Waals surface area contributed by atoms with Crippen molar-refractivity contribution in [2.75, 3.05) is 33.7 Å². The van der Waals surface area contributed by atoms with Crippen LogP contribution in [0.2, 0.25) is 0 Å². The highest BCUT2D eigenvalue weighted by Gasteiger charge is 2.18. The fourth-order valence-electron chi connectivity index (χ4n) is 1.50. The Morgan fingerprint density at radius 1 is 1.35 bits per heavy atom. The van der Waals surface area contributed by atoms with Crippen molar-refractivity contribution in [3.8, 4) is 0 Å². The summed E-state index contributed by atoms with van der Waals surface area (Å²) in [6, 6.07) is 1.92. The summed E-state index contributed by atoms with van der Waals surface area (Å²) in [5, 5.41) is 1.94. The molecular formula is C12H19BrN2OS. The van der Waals surface area contributed by atoms with E-state index in [0.717, 1.165) is 35.4 Å². The molecular weight excluding hydrogens is 300 g/mol. The average Bonchev–Trinajstić information content (AvgIpc) is 2.69. The summed E-state index contributed by atoms with van der Waals surface area (Å²) in [6.45, 7) is 4.59. The predicted molar refractivity (Wildman–Crippen MR) is 76.8 cm³/mol. The number of carbonyl (C=O) groups excluding carboxylic acids is 1. The van der Waals surface area contributed by atoms with E-state index in [1.54, 1.807) is 0 Å². The second-order valence-electron chi connectivity index (χ2n) is 4.19. The molecule has 0 N–H and O–H groups in total. The molecule has 0 radical (unpaired) electrons. The molecule has 96 valence electrons. The molecule has 0 fully saturated rings. The summed E-state index contributed by atoms with van der Waals surface area (Å²) in [6.07, 6.45) is 0.988. The Labute approximate surface area is 116 Å². The molecule has 0 saturated carbocycles. The number of hydrogen-bond donors (Lipinski definition) is 0. The average molecular weight is 319 g/mol. The normalized spacial score (nSPS) is 10.9. The Bertz CT molecular complexity index is 365. The van der Waals surface area contributed by atoms with E-state index in [1.807, 2.05) is 30.4 Å². The first-order valence-electron chi connectivity index (χ1n) is 5.73. The maximum atomic E-state index is 12.3. The van der Waals surface area contributed by atoms with Gasteiger partial charge in [0.05, 0.1) is 0 Å². The van der Waals surface area contributed by atoms with Crippen LogP contribution in [-0.2, 0) is 0 Å². The van der Waals surface area contributed by atoms with E-state index < -0.39 is 0 Å². The zero-order valence-corrected chi connectivity index (χ0v) is 13.0. The molecule has 1 rings (SSSR count). The van der Waals surface area contributed by atoms with Crippen molar-refractivity contribution in [3.05, 3.63) is 20.8 Å². The summed E-state index contributed by atoms with van der Waals surface area (Å²) in [7, 11) is 4.05.